The Kier molecular flexibility index (Phi) is 1.32. The maximum absolute atomic E-state index is 9.74. The lowest BCUT2D eigenvalue weighted by Gasteiger charge is -1.92. The molecule has 0 unspecified atom stereocenters. The number of hydrogen-bond donors (Lipinski definition) is 2. The Balaban J connectivity index is 2.74. The molecule has 1 heterocycles. The molecule has 0 fully saturated rings. The van der Waals surface area contributed by atoms with E-state index in [0.29, 0.717) is 4.79 Å². The molecule has 0 saturated heterocycles. The van der Waals surface area contributed by atoms with E-state index in [4.69, 9.17) is 5.73 Å². The Bertz CT molecular complexity index is 240. The van der Waals surface area contributed by atoms with Crippen LogP contribution in [-0.4, -0.2) is 25.3 Å². The second-order valence-electron chi connectivity index (χ2n) is 1.31. The van der Waals surface area contributed by atoms with Gasteiger partial charge in [-0.3, -0.25) is 0 Å². The summed E-state index contributed by atoms with van der Waals surface area (Å²) in [6, 6.07) is 0. The van der Waals surface area contributed by atoms with Gasteiger partial charge in [-0.25, -0.2) is 0 Å². The molecule has 0 aromatic carbocycles. The Morgan fingerprint density at radius 3 is 2.90 bits per heavy atom. The highest BCUT2D eigenvalue weighted by Gasteiger charge is 2.07. The van der Waals surface area contributed by atoms with Crippen LogP contribution in [-0.2, 0) is 0 Å². The summed E-state index contributed by atoms with van der Waals surface area (Å²) in [5.74, 6) is -0.170. The van der Waals surface area contributed by atoms with Crippen LogP contribution >= 0.6 is 0 Å². The molecule has 1 aromatic heterocycles. The number of nitrogen functional groups attached to an aromatic ring is 1. The highest BCUT2D eigenvalue weighted by molar-refractivity contribution is 5.10. The minimum Gasteiger partial charge on any atom is -0.345 e. The van der Waals surface area contributed by atoms with Crippen molar-refractivity contribution >= 4 is 5.95 Å². The third-order valence-corrected chi connectivity index (χ3v) is 0.670. The number of hydrazine groups is 1. The van der Waals surface area contributed by atoms with Crippen molar-refractivity contribution in [3.8, 4) is 0 Å². The topological polar surface area (TPSA) is 125 Å². The highest BCUT2D eigenvalue weighted by Crippen LogP contribution is 1.84. The van der Waals surface area contributed by atoms with Crippen LogP contribution in [0.2, 0.25) is 0 Å². The summed E-state index contributed by atoms with van der Waals surface area (Å²) in [4.78, 5) is 10.4. The average Bonchev–Trinajstić information content (AvgIpc) is 2.15. The van der Waals surface area contributed by atoms with Crippen molar-refractivity contribution in [3.05, 3.63) is 10.1 Å². The molecule has 1 aromatic rings. The Morgan fingerprint density at radius 1 is 1.80 bits per heavy atom. The largest absolute Gasteiger partial charge is 0.361 e. The van der Waals surface area contributed by atoms with Crippen molar-refractivity contribution < 1.29 is 5.03 Å². The zero-order valence-corrected chi connectivity index (χ0v) is 4.63. The van der Waals surface area contributed by atoms with Crippen molar-refractivity contribution in [2.75, 3.05) is 11.3 Å². The van der Waals surface area contributed by atoms with Crippen molar-refractivity contribution in [2.45, 2.75) is 0 Å². The Labute approximate surface area is 53.9 Å². The predicted molar refractivity (Wildman–Crippen MR) is 28.6 cm³/mol. The van der Waals surface area contributed by atoms with E-state index in [1.807, 2.05) is 0 Å². The Hall–Kier alpha value is -1.93. The standard InChI is InChI=1S/CH3N7O2/c2-1-3-4-5-7(1)6-8(9)10/h6H,(H2,2,3,5). The zero-order chi connectivity index (χ0) is 7.56. The van der Waals surface area contributed by atoms with E-state index < -0.39 is 5.03 Å². The van der Waals surface area contributed by atoms with Crippen LogP contribution in [0.5, 0.6) is 0 Å². The van der Waals surface area contributed by atoms with Crippen LogP contribution in [0.1, 0.15) is 0 Å². The van der Waals surface area contributed by atoms with Crippen LogP contribution in [0.4, 0.5) is 5.95 Å². The van der Waals surface area contributed by atoms with Gasteiger partial charge in [0.15, 0.2) is 0 Å². The van der Waals surface area contributed by atoms with Crippen LogP contribution in [0.15, 0.2) is 0 Å². The lowest BCUT2D eigenvalue weighted by Crippen LogP contribution is -2.23. The van der Waals surface area contributed by atoms with Gasteiger partial charge < -0.3 is 15.8 Å². The fourth-order valence-corrected chi connectivity index (χ4v) is 0.343. The summed E-state index contributed by atoms with van der Waals surface area (Å²) in [6.45, 7) is 0. The van der Waals surface area contributed by atoms with E-state index >= 15 is 0 Å². The summed E-state index contributed by atoms with van der Waals surface area (Å²) in [5, 5.41) is 18.3. The van der Waals surface area contributed by atoms with Gasteiger partial charge in [0.05, 0.1) is 10.2 Å². The first-order chi connectivity index (χ1) is 4.70. The van der Waals surface area contributed by atoms with Crippen LogP contribution in [0.25, 0.3) is 0 Å². The minimum atomic E-state index is -0.827. The molecule has 0 aliphatic carbocycles. The molecule has 0 amide bonds. The summed E-state index contributed by atoms with van der Waals surface area (Å²) in [5.41, 5.74) is 6.68. The van der Waals surface area contributed by atoms with E-state index in [1.165, 1.54) is 0 Å². The molecule has 1 rings (SSSR count). The molecule has 9 nitrogen and oxygen atoms in total. The zero-order valence-electron chi connectivity index (χ0n) is 4.63. The van der Waals surface area contributed by atoms with E-state index in [9.17, 15) is 10.1 Å². The molecular weight excluding hydrogens is 142 g/mol. The highest BCUT2D eigenvalue weighted by atomic mass is 16.7. The molecule has 0 radical (unpaired) electrons. The van der Waals surface area contributed by atoms with Gasteiger partial charge in [0.25, 0.3) is 0 Å². The number of aromatic nitrogens is 4. The molecular formula is CH3N7O2. The molecule has 0 atom stereocenters. The first kappa shape index (κ1) is 6.19. The van der Waals surface area contributed by atoms with E-state index in [-0.39, 0.29) is 5.95 Å². The van der Waals surface area contributed by atoms with Gasteiger partial charge in [-0.15, -0.1) is 0 Å². The van der Waals surface area contributed by atoms with Crippen LogP contribution in [0.3, 0.4) is 0 Å². The predicted octanol–water partition coefficient (Wildman–Crippen LogP) is -2.01. The number of hydrogen-bond acceptors (Lipinski definition) is 6. The summed E-state index contributed by atoms with van der Waals surface area (Å²) in [7, 11) is 0. The number of nitrogens with two attached hydrogens (primary N) is 1. The van der Waals surface area contributed by atoms with Gasteiger partial charge in [-0.05, 0) is 5.53 Å². The Morgan fingerprint density at radius 2 is 2.50 bits per heavy atom. The molecule has 0 aliphatic rings. The summed E-state index contributed by atoms with van der Waals surface area (Å²) < 4.78 is 0. The van der Waals surface area contributed by atoms with Gasteiger partial charge in [-0.1, -0.05) is 5.10 Å². The van der Waals surface area contributed by atoms with Gasteiger partial charge in [0, 0.05) is 10.0 Å². The fraction of sp³-hybridized carbons (Fsp3) is 0. The molecule has 10 heavy (non-hydrogen) atoms. The maximum atomic E-state index is 9.74. The average molecular weight is 145 g/mol. The number of nitro groups is 1. The van der Waals surface area contributed by atoms with Gasteiger partial charge in [0.1, 0.15) is 0 Å². The second-order valence-corrected chi connectivity index (χ2v) is 1.31. The van der Waals surface area contributed by atoms with Crippen LogP contribution < -0.4 is 11.3 Å². The summed E-state index contributed by atoms with van der Waals surface area (Å²) in [6.07, 6.45) is 0. The molecule has 9 heteroatoms. The lowest BCUT2D eigenvalue weighted by atomic mass is 11.1. The number of anilines is 1. The molecule has 3 N–H and O–H groups in total. The first-order valence-corrected chi connectivity index (χ1v) is 2.15. The van der Waals surface area contributed by atoms with Crippen molar-refractivity contribution in [2.24, 2.45) is 0 Å². The molecule has 0 bridgehead atoms. The second kappa shape index (κ2) is 2.13. The number of nitrogens with zero attached hydrogens (tertiary/aromatic N) is 5. The third-order valence-electron chi connectivity index (χ3n) is 0.670. The third kappa shape index (κ3) is 1.07. The minimum absolute atomic E-state index is 0.170. The van der Waals surface area contributed by atoms with Crippen molar-refractivity contribution in [1.29, 1.82) is 0 Å². The lowest BCUT2D eigenvalue weighted by molar-refractivity contribution is -0.463. The number of nitrogens with one attached hydrogen (secondary N) is 1. The quantitative estimate of drug-likeness (QED) is 0.363. The van der Waals surface area contributed by atoms with E-state index in [2.05, 4.69) is 15.5 Å². The smallest absolute Gasteiger partial charge is 0.345 e. The van der Waals surface area contributed by atoms with Gasteiger partial charge >= 0.3 is 5.95 Å². The van der Waals surface area contributed by atoms with E-state index in [1.54, 1.807) is 5.53 Å². The molecule has 0 aliphatic heterocycles. The van der Waals surface area contributed by atoms with Crippen molar-refractivity contribution in [1.82, 2.24) is 20.3 Å². The maximum Gasteiger partial charge on any atom is 0.361 e. The SMILES string of the molecule is Nc1nnnn1N[N+](=O)[O-]. The fourth-order valence-electron chi connectivity index (χ4n) is 0.343. The molecule has 54 valence electrons. The van der Waals surface area contributed by atoms with E-state index in [0.717, 1.165) is 0 Å². The number of rotatable bonds is 2. The van der Waals surface area contributed by atoms with Crippen LogP contribution in [0, 0.1) is 10.1 Å². The normalized spacial score (nSPS) is 9.20. The van der Waals surface area contributed by atoms with Gasteiger partial charge in [0.2, 0.25) is 0 Å². The van der Waals surface area contributed by atoms with Crippen molar-refractivity contribution in [3.63, 3.8) is 0 Å². The molecule has 0 saturated carbocycles. The van der Waals surface area contributed by atoms with Gasteiger partial charge in [-0.2, -0.15) is 0 Å². The first-order valence-electron chi connectivity index (χ1n) is 2.15. The number of tetrazole rings is 1. The monoisotopic (exact) mass is 145 g/mol. The molecule has 0 spiro atoms. The summed E-state index contributed by atoms with van der Waals surface area (Å²) >= 11 is 0.